The fourth-order valence-electron chi connectivity index (χ4n) is 1.59. The molecule has 0 spiro atoms. The number of aromatic carboxylic acids is 1. The van der Waals surface area contributed by atoms with E-state index in [9.17, 15) is 21.6 Å². The monoisotopic (exact) mass is 374 g/mol. The third-order valence-electron chi connectivity index (χ3n) is 2.53. The fourth-order valence-corrected chi connectivity index (χ4v) is 4.72. The third-order valence-corrected chi connectivity index (χ3v) is 6.22. The van der Waals surface area contributed by atoms with Crippen molar-refractivity contribution in [3.63, 3.8) is 0 Å². The first kappa shape index (κ1) is 18.2. The van der Waals surface area contributed by atoms with E-state index in [4.69, 9.17) is 28.3 Å². The Morgan fingerprint density at radius 1 is 1.14 bits per heavy atom. The smallest absolute Gasteiger partial charge is 0.338 e. The van der Waals surface area contributed by atoms with Crippen LogP contribution in [0.4, 0.5) is 0 Å². The van der Waals surface area contributed by atoms with Gasteiger partial charge in [0.05, 0.1) is 32.0 Å². The molecule has 0 amide bonds. The third kappa shape index (κ3) is 4.84. The predicted octanol–water partition coefficient (Wildman–Crippen LogP) is 1.90. The number of hydrogen-bond acceptors (Lipinski definition) is 5. The minimum atomic E-state index is -3.90. The lowest BCUT2D eigenvalue weighted by Gasteiger charge is -2.09. The molecule has 1 rings (SSSR count). The molecule has 0 aromatic heterocycles. The highest BCUT2D eigenvalue weighted by Crippen LogP contribution is 2.31. The minimum Gasteiger partial charge on any atom is -0.478 e. The van der Waals surface area contributed by atoms with Gasteiger partial charge in [-0.3, -0.25) is 0 Å². The zero-order chi connectivity index (χ0) is 16.4. The van der Waals surface area contributed by atoms with E-state index in [1.54, 1.807) is 0 Å². The first-order chi connectivity index (χ1) is 9.46. The fraction of sp³-hybridized carbons (Fsp3) is 0.364. The summed E-state index contributed by atoms with van der Waals surface area (Å²) in [5.41, 5.74) is -0.498. The first-order valence-electron chi connectivity index (χ1n) is 5.57. The molecule has 0 fully saturated rings. The van der Waals surface area contributed by atoms with Crippen molar-refractivity contribution in [1.29, 1.82) is 0 Å². The molecule has 0 heterocycles. The van der Waals surface area contributed by atoms with Crippen LogP contribution in [0.2, 0.25) is 10.0 Å². The molecule has 10 heteroatoms. The maximum Gasteiger partial charge on any atom is 0.338 e. The normalized spacial score (nSPS) is 12.3. The van der Waals surface area contributed by atoms with Crippen LogP contribution in [0.1, 0.15) is 16.8 Å². The summed E-state index contributed by atoms with van der Waals surface area (Å²) in [5.74, 6) is -2.19. The average molecular weight is 375 g/mol. The van der Waals surface area contributed by atoms with Gasteiger partial charge >= 0.3 is 5.97 Å². The van der Waals surface area contributed by atoms with Gasteiger partial charge in [-0.05, 0) is 18.6 Å². The Morgan fingerprint density at radius 2 is 1.71 bits per heavy atom. The van der Waals surface area contributed by atoms with Gasteiger partial charge in [0.2, 0.25) is 0 Å². The second-order valence-corrected chi connectivity index (χ2v) is 9.46. The lowest BCUT2D eigenvalue weighted by atomic mass is 10.2. The highest BCUT2D eigenvalue weighted by Gasteiger charge is 2.24. The Kier molecular flexibility index (Phi) is 5.65. The van der Waals surface area contributed by atoms with Crippen LogP contribution < -0.4 is 0 Å². The SMILES string of the molecule is CS(=O)(=O)CCCS(=O)(=O)c1ccc(Cl)c(C(=O)O)c1Cl. The van der Waals surface area contributed by atoms with Crippen LogP contribution >= 0.6 is 23.2 Å². The van der Waals surface area contributed by atoms with Gasteiger partial charge in [-0.2, -0.15) is 0 Å². The van der Waals surface area contributed by atoms with Gasteiger partial charge in [0.25, 0.3) is 0 Å². The van der Waals surface area contributed by atoms with Crippen LogP contribution in [0.15, 0.2) is 17.0 Å². The van der Waals surface area contributed by atoms with Gasteiger partial charge in [-0.15, -0.1) is 0 Å². The molecule has 0 aliphatic heterocycles. The van der Waals surface area contributed by atoms with Gasteiger partial charge in [-0.1, -0.05) is 23.2 Å². The van der Waals surface area contributed by atoms with Crippen LogP contribution in [-0.4, -0.2) is 45.7 Å². The maximum atomic E-state index is 12.1. The molecule has 118 valence electrons. The van der Waals surface area contributed by atoms with Gasteiger partial charge < -0.3 is 5.11 Å². The van der Waals surface area contributed by atoms with Crippen molar-refractivity contribution >= 4 is 48.8 Å². The van der Waals surface area contributed by atoms with E-state index in [0.29, 0.717) is 0 Å². The molecular weight excluding hydrogens is 363 g/mol. The summed E-state index contributed by atoms with van der Waals surface area (Å²) in [4.78, 5) is 10.6. The molecule has 0 aliphatic rings. The number of halogens is 2. The number of carbonyl (C=O) groups is 1. The number of carboxylic acid groups (broad SMARTS) is 1. The molecule has 21 heavy (non-hydrogen) atoms. The highest BCUT2D eigenvalue weighted by molar-refractivity contribution is 7.92. The van der Waals surface area contributed by atoms with Gasteiger partial charge in [0.1, 0.15) is 9.84 Å². The van der Waals surface area contributed by atoms with E-state index in [1.807, 2.05) is 0 Å². The zero-order valence-electron chi connectivity index (χ0n) is 10.8. The van der Waals surface area contributed by atoms with E-state index in [0.717, 1.165) is 18.4 Å². The summed E-state index contributed by atoms with van der Waals surface area (Å²) in [7, 11) is -7.18. The molecule has 0 atom stereocenters. The Labute approximate surface area is 132 Å². The first-order valence-corrected chi connectivity index (χ1v) is 10.0. The van der Waals surface area contributed by atoms with Crippen LogP contribution in [0.3, 0.4) is 0 Å². The molecule has 0 aliphatic carbocycles. The lowest BCUT2D eigenvalue weighted by Crippen LogP contribution is -2.13. The average Bonchev–Trinajstić information content (AvgIpc) is 2.25. The second-order valence-electron chi connectivity index (χ2n) is 4.34. The summed E-state index contributed by atoms with van der Waals surface area (Å²) in [6, 6.07) is 2.23. The summed E-state index contributed by atoms with van der Waals surface area (Å²) < 4.78 is 46.2. The van der Waals surface area contributed by atoms with Crippen LogP contribution in [0.5, 0.6) is 0 Å². The van der Waals surface area contributed by atoms with Crippen molar-refractivity contribution in [2.75, 3.05) is 17.8 Å². The maximum absolute atomic E-state index is 12.1. The molecule has 1 aromatic carbocycles. The van der Waals surface area contributed by atoms with Crippen LogP contribution in [0.25, 0.3) is 0 Å². The summed E-state index contributed by atoms with van der Waals surface area (Å²) in [6.45, 7) is 0. The zero-order valence-corrected chi connectivity index (χ0v) is 14.0. The molecular formula is C11H12Cl2O6S2. The van der Waals surface area contributed by atoms with E-state index < -0.39 is 42.0 Å². The number of sulfone groups is 2. The van der Waals surface area contributed by atoms with Crippen LogP contribution in [0, 0.1) is 0 Å². The van der Waals surface area contributed by atoms with Crippen molar-refractivity contribution in [3.05, 3.63) is 27.7 Å². The van der Waals surface area contributed by atoms with Gasteiger partial charge in [0, 0.05) is 6.26 Å². The quantitative estimate of drug-likeness (QED) is 0.814. The largest absolute Gasteiger partial charge is 0.478 e. The highest BCUT2D eigenvalue weighted by atomic mass is 35.5. The second kappa shape index (κ2) is 6.51. The number of hydrogen-bond donors (Lipinski definition) is 1. The lowest BCUT2D eigenvalue weighted by molar-refractivity contribution is 0.0697. The van der Waals surface area contributed by atoms with Gasteiger partial charge in [-0.25, -0.2) is 21.6 Å². The molecule has 0 unspecified atom stereocenters. The molecule has 1 aromatic rings. The molecule has 0 radical (unpaired) electrons. The van der Waals surface area contributed by atoms with Crippen LogP contribution in [-0.2, 0) is 19.7 Å². The number of benzene rings is 1. The van der Waals surface area contributed by atoms with Crippen molar-refractivity contribution in [1.82, 2.24) is 0 Å². The number of carboxylic acids is 1. The summed E-state index contributed by atoms with van der Waals surface area (Å²) in [5, 5.41) is 8.32. The van der Waals surface area contributed by atoms with Crippen molar-refractivity contribution in [3.8, 4) is 0 Å². The minimum absolute atomic E-state index is 0.109. The van der Waals surface area contributed by atoms with Crippen molar-refractivity contribution < 1.29 is 26.7 Å². The van der Waals surface area contributed by atoms with E-state index in [1.165, 1.54) is 0 Å². The van der Waals surface area contributed by atoms with Crippen molar-refractivity contribution in [2.24, 2.45) is 0 Å². The molecule has 0 bridgehead atoms. The Hall–Kier alpha value is -0.830. The van der Waals surface area contributed by atoms with E-state index >= 15 is 0 Å². The summed E-state index contributed by atoms with van der Waals surface area (Å²) >= 11 is 11.5. The Balaban J connectivity index is 3.15. The molecule has 6 nitrogen and oxygen atoms in total. The predicted molar refractivity (Wildman–Crippen MR) is 79.8 cm³/mol. The van der Waals surface area contributed by atoms with E-state index in [-0.39, 0.29) is 22.1 Å². The Bertz CT molecular complexity index is 768. The standard InChI is InChI=1S/C11H12Cl2O6S2/c1-20(16,17)5-2-6-21(18,19)8-4-3-7(12)9(10(8)13)11(14)15/h3-4H,2,5-6H2,1H3,(H,14,15). The van der Waals surface area contributed by atoms with Gasteiger partial charge in [0.15, 0.2) is 9.84 Å². The molecule has 0 saturated carbocycles. The topological polar surface area (TPSA) is 106 Å². The summed E-state index contributed by atoms with van der Waals surface area (Å²) in [6.07, 6.45) is 0.889. The molecule has 0 saturated heterocycles. The number of rotatable bonds is 6. The Morgan fingerprint density at radius 3 is 2.19 bits per heavy atom. The molecule has 1 N–H and O–H groups in total. The van der Waals surface area contributed by atoms with E-state index in [2.05, 4.69) is 0 Å². The van der Waals surface area contributed by atoms with Crippen molar-refractivity contribution in [2.45, 2.75) is 11.3 Å².